The van der Waals surface area contributed by atoms with E-state index in [1.165, 1.54) is 18.2 Å². The fourth-order valence-corrected chi connectivity index (χ4v) is 4.03. The molecule has 0 aliphatic carbocycles. The molecule has 1 aromatic heterocycles. The van der Waals surface area contributed by atoms with Crippen molar-refractivity contribution in [3.05, 3.63) is 66.4 Å². The van der Waals surface area contributed by atoms with Gasteiger partial charge in [0.2, 0.25) is 0 Å². The lowest BCUT2D eigenvalue weighted by atomic mass is 10.1. The van der Waals surface area contributed by atoms with E-state index in [-0.39, 0.29) is 10.6 Å². The lowest BCUT2D eigenvalue weighted by molar-refractivity contribution is 0.101. The number of amides is 1. The topological polar surface area (TPSA) is 114 Å². The number of amidine groups is 1. The van der Waals surface area contributed by atoms with Crippen molar-refractivity contribution in [1.82, 2.24) is 9.88 Å². The van der Waals surface area contributed by atoms with Gasteiger partial charge in [-0.05, 0) is 24.6 Å². The molecule has 0 saturated heterocycles. The predicted octanol–water partition coefficient (Wildman–Crippen LogP) is 3.06. The van der Waals surface area contributed by atoms with Crippen LogP contribution in [0, 0.1) is 0 Å². The van der Waals surface area contributed by atoms with Crippen molar-refractivity contribution >= 4 is 27.5 Å². The Balaban J connectivity index is 1.49. The number of carbonyl (C=O) groups excluding carboxylic acids is 1. The molecule has 0 spiro atoms. The predicted molar refractivity (Wildman–Crippen MR) is 108 cm³/mol. The molecule has 148 valence electrons. The largest absolute Gasteiger partial charge is 0.355 e. The molecule has 1 aliphatic heterocycles. The fourth-order valence-electron chi connectivity index (χ4n) is 2.89. The van der Waals surface area contributed by atoms with Gasteiger partial charge in [0.25, 0.3) is 15.9 Å². The maximum atomic E-state index is 12.5. The van der Waals surface area contributed by atoms with Gasteiger partial charge in [-0.1, -0.05) is 41.6 Å². The molecule has 3 aromatic rings. The molecule has 1 aliphatic rings. The number of rotatable bonds is 5. The highest BCUT2D eigenvalue weighted by Crippen LogP contribution is 2.21. The zero-order valence-corrected chi connectivity index (χ0v) is 16.1. The third-order valence-corrected chi connectivity index (χ3v) is 5.71. The van der Waals surface area contributed by atoms with E-state index in [2.05, 4.69) is 20.2 Å². The SMILES string of the molecule is O=C(Nc1cccc(S(=O)(=O)NC2=NCCC2)c1)c1cc(-c2ccccc2)on1. The van der Waals surface area contributed by atoms with E-state index in [4.69, 9.17) is 4.52 Å². The summed E-state index contributed by atoms with van der Waals surface area (Å²) >= 11 is 0. The monoisotopic (exact) mass is 410 g/mol. The lowest BCUT2D eigenvalue weighted by Crippen LogP contribution is -2.29. The van der Waals surface area contributed by atoms with Crippen LogP contribution in [-0.2, 0) is 10.0 Å². The Morgan fingerprint density at radius 2 is 1.86 bits per heavy atom. The molecule has 0 atom stereocenters. The van der Waals surface area contributed by atoms with Crippen LogP contribution in [0.5, 0.6) is 0 Å². The maximum absolute atomic E-state index is 12.5. The van der Waals surface area contributed by atoms with Crippen molar-refractivity contribution in [2.45, 2.75) is 17.7 Å². The number of aliphatic imine (C=N–C) groups is 1. The molecule has 0 bridgehead atoms. The molecule has 0 radical (unpaired) electrons. The Bertz CT molecular complexity index is 1170. The van der Waals surface area contributed by atoms with Crippen LogP contribution < -0.4 is 10.0 Å². The normalized spacial score (nSPS) is 13.7. The summed E-state index contributed by atoms with van der Waals surface area (Å²) in [5.74, 6) is 0.419. The first-order valence-electron chi connectivity index (χ1n) is 9.01. The first-order chi connectivity index (χ1) is 14.0. The van der Waals surface area contributed by atoms with Gasteiger partial charge in [0.15, 0.2) is 11.5 Å². The maximum Gasteiger partial charge on any atom is 0.277 e. The van der Waals surface area contributed by atoms with E-state index in [0.717, 1.165) is 12.0 Å². The number of aromatic nitrogens is 1. The summed E-state index contributed by atoms with van der Waals surface area (Å²) in [6.07, 6.45) is 1.43. The second-order valence-corrected chi connectivity index (χ2v) is 8.14. The van der Waals surface area contributed by atoms with Crippen LogP contribution in [0.25, 0.3) is 11.3 Å². The molecule has 0 fully saturated rings. The number of hydrogen-bond acceptors (Lipinski definition) is 6. The Kier molecular flexibility index (Phi) is 5.13. The highest BCUT2D eigenvalue weighted by atomic mass is 32.2. The number of benzene rings is 2. The van der Waals surface area contributed by atoms with Gasteiger partial charge >= 0.3 is 0 Å². The van der Waals surface area contributed by atoms with Crippen LogP contribution in [-0.4, -0.2) is 31.9 Å². The molecule has 2 aromatic carbocycles. The minimum atomic E-state index is -3.76. The molecule has 8 nitrogen and oxygen atoms in total. The lowest BCUT2D eigenvalue weighted by Gasteiger charge is -2.09. The third-order valence-electron chi connectivity index (χ3n) is 4.33. The smallest absolute Gasteiger partial charge is 0.277 e. The van der Waals surface area contributed by atoms with E-state index < -0.39 is 15.9 Å². The van der Waals surface area contributed by atoms with Gasteiger partial charge in [-0.2, -0.15) is 0 Å². The van der Waals surface area contributed by atoms with Gasteiger partial charge in [0.1, 0.15) is 5.84 Å². The van der Waals surface area contributed by atoms with E-state index in [1.54, 1.807) is 12.1 Å². The van der Waals surface area contributed by atoms with Crippen LogP contribution >= 0.6 is 0 Å². The molecule has 29 heavy (non-hydrogen) atoms. The second kappa shape index (κ2) is 7.88. The van der Waals surface area contributed by atoms with Crippen LogP contribution in [0.3, 0.4) is 0 Å². The van der Waals surface area contributed by atoms with Crippen LogP contribution in [0.1, 0.15) is 23.3 Å². The summed E-state index contributed by atoms with van der Waals surface area (Å²) in [4.78, 5) is 16.6. The summed E-state index contributed by atoms with van der Waals surface area (Å²) in [7, 11) is -3.76. The van der Waals surface area contributed by atoms with Crippen LogP contribution in [0.4, 0.5) is 5.69 Å². The minimum absolute atomic E-state index is 0.0371. The average Bonchev–Trinajstić information content (AvgIpc) is 3.41. The molecular formula is C20H18N4O4S. The average molecular weight is 410 g/mol. The molecule has 0 saturated carbocycles. The third kappa shape index (κ3) is 4.35. The van der Waals surface area contributed by atoms with Crippen molar-refractivity contribution in [3.63, 3.8) is 0 Å². The molecule has 2 heterocycles. The standard InChI is InChI=1S/C20H18N4O4S/c25-20(17-13-18(28-23-17)14-6-2-1-3-7-14)22-15-8-4-9-16(12-15)29(26,27)24-19-10-5-11-21-19/h1-4,6-9,12-13H,5,10-11H2,(H,21,24)(H,22,25). The van der Waals surface area contributed by atoms with Crippen molar-refractivity contribution in [2.75, 3.05) is 11.9 Å². The van der Waals surface area contributed by atoms with E-state index >= 15 is 0 Å². The first kappa shape index (κ1) is 18.9. The quantitative estimate of drug-likeness (QED) is 0.671. The number of nitrogens with one attached hydrogen (secondary N) is 2. The van der Waals surface area contributed by atoms with Crippen molar-refractivity contribution in [1.29, 1.82) is 0 Å². The summed E-state index contributed by atoms with van der Waals surface area (Å²) in [6, 6.07) is 16.8. The van der Waals surface area contributed by atoms with Gasteiger partial charge in [-0.25, -0.2) is 8.42 Å². The Morgan fingerprint density at radius 3 is 2.62 bits per heavy atom. The first-order valence-corrected chi connectivity index (χ1v) is 10.5. The highest BCUT2D eigenvalue weighted by molar-refractivity contribution is 7.90. The van der Waals surface area contributed by atoms with Crippen LogP contribution in [0.15, 0.2) is 75.1 Å². The number of nitrogens with zero attached hydrogens (tertiary/aromatic N) is 2. The molecule has 0 unspecified atom stereocenters. The number of anilines is 1. The molecule has 1 amide bonds. The van der Waals surface area contributed by atoms with E-state index in [9.17, 15) is 13.2 Å². The van der Waals surface area contributed by atoms with Crippen molar-refractivity contribution < 1.29 is 17.7 Å². The Labute approximate surface area is 167 Å². The van der Waals surface area contributed by atoms with Crippen molar-refractivity contribution in [3.8, 4) is 11.3 Å². The van der Waals surface area contributed by atoms with Gasteiger partial charge in [-0.15, -0.1) is 0 Å². The van der Waals surface area contributed by atoms with E-state index in [0.29, 0.717) is 30.2 Å². The summed E-state index contributed by atoms with van der Waals surface area (Å²) in [5.41, 5.74) is 1.22. The highest BCUT2D eigenvalue weighted by Gasteiger charge is 2.19. The van der Waals surface area contributed by atoms with E-state index in [1.807, 2.05) is 30.3 Å². The van der Waals surface area contributed by atoms with Crippen LogP contribution in [0.2, 0.25) is 0 Å². The van der Waals surface area contributed by atoms with Crippen molar-refractivity contribution in [2.24, 2.45) is 4.99 Å². The number of sulfonamides is 1. The minimum Gasteiger partial charge on any atom is -0.355 e. The Hall–Kier alpha value is -3.46. The zero-order valence-electron chi connectivity index (χ0n) is 15.3. The summed E-state index contributed by atoms with van der Waals surface area (Å²) < 4.78 is 32.8. The van der Waals surface area contributed by atoms with Gasteiger partial charge in [0, 0.05) is 30.3 Å². The molecular weight excluding hydrogens is 392 g/mol. The number of carbonyl (C=O) groups is 1. The Morgan fingerprint density at radius 1 is 1.03 bits per heavy atom. The van der Waals surface area contributed by atoms with Gasteiger partial charge in [0.05, 0.1) is 4.90 Å². The number of hydrogen-bond donors (Lipinski definition) is 2. The zero-order chi connectivity index (χ0) is 20.3. The molecule has 4 rings (SSSR count). The summed E-state index contributed by atoms with van der Waals surface area (Å²) in [6.45, 7) is 0.622. The second-order valence-electron chi connectivity index (χ2n) is 6.46. The van der Waals surface area contributed by atoms with Gasteiger partial charge in [-0.3, -0.25) is 14.5 Å². The molecule has 9 heteroatoms. The van der Waals surface area contributed by atoms with Gasteiger partial charge < -0.3 is 9.84 Å². The fraction of sp³-hybridized carbons (Fsp3) is 0.150. The molecule has 2 N–H and O–H groups in total. The summed E-state index contributed by atoms with van der Waals surface area (Å²) in [5, 5.41) is 6.44.